The van der Waals surface area contributed by atoms with E-state index >= 15 is 0 Å². The third-order valence-electron chi connectivity index (χ3n) is 3.83. The van der Waals surface area contributed by atoms with Gasteiger partial charge in [0.05, 0.1) is 7.11 Å². The zero-order chi connectivity index (χ0) is 14.5. The quantitative estimate of drug-likeness (QED) is 0.899. The molecule has 1 aromatic rings. The van der Waals surface area contributed by atoms with Crippen LogP contribution < -0.4 is 15.0 Å². The van der Waals surface area contributed by atoms with E-state index in [2.05, 4.69) is 5.32 Å². The molecule has 5 heteroatoms. The minimum absolute atomic E-state index is 0.0152. The van der Waals surface area contributed by atoms with Crippen molar-refractivity contribution in [3.8, 4) is 5.75 Å². The Morgan fingerprint density at radius 1 is 1.55 bits per heavy atom. The molecule has 110 valence electrons. The molecule has 1 aromatic carbocycles. The summed E-state index contributed by atoms with van der Waals surface area (Å²) in [6.45, 7) is 2.03. The lowest BCUT2D eigenvalue weighted by molar-refractivity contribution is -0.118. The standard InChI is InChI=1S/C15H21FN2O2/c1-18(12-4-5-14(20-2)13(16)9-12)15(19)6-3-11-7-8-17-10-11/h4-5,9,11,17H,3,6-8,10H2,1-2H3. The Bertz CT molecular complexity index is 473. The zero-order valence-electron chi connectivity index (χ0n) is 12.0. The number of hydrogen-bond acceptors (Lipinski definition) is 3. The third kappa shape index (κ3) is 3.48. The average molecular weight is 280 g/mol. The van der Waals surface area contributed by atoms with Crippen LogP contribution in [0.4, 0.5) is 10.1 Å². The number of ether oxygens (including phenoxy) is 1. The van der Waals surface area contributed by atoms with E-state index in [0.717, 1.165) is 25.9 Å². The molecule has 1 aliphatic heterocycles. The van der Waals surface area contributed by atoms with Crippen LogP contribution in [0, 0.1) is 11.7 Å². The number of carbonyl (C=O) groups is 1. The fraction of sp³-hybridized carbons (Fsp3) is 0.533. The number of methoxy groups -OCH3 is 1. The van der Waals surface area contributed by atoms with Gasteiger partial charge in [0, 0.05) is 25.2 Å². The molecule has 1 aliphatic rings. The summed E-state index contributed by atoms with van der Waals surface area (Å²) in [6, 6.07) is 4.56. The summed E-state index contributed by atoms with van der Waals surface area (Å²) in [6.07, 6.45) is 2.51. The fourth-order valence-electron chi connectivity index (χ4n) is 2.46. The second-order valence-electron chi connectivity index (χ2n) is 5.17. The summed E-state index contributed by atoms with van der Waals surface area (Å²) in [4.78, 5) is 13.6. The Kier molecular flexibility index (Phi) is 4.95. The van der Waals surface area contributed by atoms with E-state index in [1.807, 2.05) is 0 Å². The predicted octanol–water partition coefficient (Wildman–Crippen LogP) is 2.19. The number of halogens is 1. The molecule has 0 aliphatic carbocycles. The van der Waals surface area contributed by atoms with E-state index in [0.29, 0.717) is 18.0 Å². The van der Waals surface area contributed by atoms with Gasteiger partial charge < -0.3 is 15.0 Å². The molecule has 20 heavy (non-hydrogen) atoms. The first-order valence-corrected chi connectivity index (χ1v) is 6.92. The second-order valence-corrected chi connectivity index (χ2v) is 5.17. The van der Waals surface area contributed by atoms with Crippen molar-refractivity contribution < 1.29 is 13.9 Å². The Hall–Kier alpha value is -1.62. The minimum Gasteiger partial charge on any atom is -0.494 e. The average Bonchev–Trinajstić information content (AvgIpc) is 2.97. The van der Waals surface area contributed by atoms with E-state index in [1.54, 1.807) is 13.1 Å². The molecule has 0 aromatic heterocycles. The monoisotopic (exact) mass is 280 g/mol. The molecule has 0 spiro atoms. The molecule has 1 atom stereocenters. The third-order valence-corrected chi connectivity index (χ3v) is 3.83. The highest BCUT2D eigenvalue weighted by atomic mass is 19.1. The maximum atomic E-state index is 13.6. The molecule has 0 bridgehead atoms. The van der Waals surface area contributed by atoms with Gasteiger partial charge in [-0.25, -0.2) is 4.39 Å². The number of benzene rings is 1. The van der Waals surface area contributed by atoms with Crippen LogP contribution in [0.25, 0.3) is 0 Å². The molecule has 1 heterocycles. The first-order valence-electron chi connectivity index (χ1n) is 6.92. The van der Waals surface area contributed by atoms with Gasteiger partial charge in [-0.1, -0.05) is 0 Å². The number of nitrogens with zero attached hydrogens (tertiary/aromatic N) is 1. The Balaban J connectivity index is 1.93. The van der Waals surface area contributed by atoms with E-state index in [-0.39, 0.29) is 11.7 Å². The van der Waals surface area contributed by atoms with Crippen molar-refractivity contribution in [2.24, 2.45) is 5.92 Å². The number of rotatable bonds is 5. The van der Waals surface area contributed by atoms with Gasteiger partial charge in [0.2, 0.25) is 5.91 Å². The van der Waals surface area contributed by atoms with Gasteiger partial charge in [0.1, 0.15) is 0 Å². The highest BCUT2D eigenvalue weighted by Gasteiger charge is 2.18. The predicted molar refractivity (Wildman–Crippen MR) is 76.6 cm³/mol. The topological polar surface area (TPSA) is 41.6 Å². The minimum atomic E-state index is -0.454. The van der Waals surface area contributed by atoms with Crippen LogP contribution in [-0.4, -0.2) is 33.2 Å². The maximum absolute atomic E-state index is 13.6. The van der Waals surface area contributed by atoms with Crippen LogP contribution in [0.2, 0.25) is 0 Å². The molecule has 2 rings (SSSR count). The van der Waals surface area contributed by atoms with Gasteiger partial charge in [0.15, 0.2) is 11.6 Å². The fourth-order valence-corrected chi connectivity index (χ4v) is 2.46. The number of nitrogens with one attached hydrogen (secondary N) is 1. The van der Waals surface area contributed by atoms with Gasteiger partial charge in [0.25, 0.3) is 0 Å². The molecule has 0 radical (unpaired) electrons. The summed E-state index contributed by atoms with van der Waals surface area (Å²) in [5, 5.41) is 3.29. The molecular formula is C15H21FN2O2. The number of anilines is 1. The van der Waals surface area contributed by atoms with Gasteiger partial charge in [-0.3, -0.25) is 4.79 Å². The lowest BCUT2D eigenvalue weighted by Gasteiger charge is -2.19. The van der Waals surface area contributed by atoms with Gasteiger partial charge in [-0.15, -0.1) is 0 Å². The lowest BCUT2D eigenvalue weighted by Crippen LogP contribution is -2.26. The first-order chi connectivity index (χ1) is 9.61. The number of amides is 1. The summed E-state index contributed by atoms with van der Waals surface area (Å²) in [5.74, 6) is 0.331. The smallest absolute Gasteiger partial charge is 0.226 e. The van der Waals surface area contributed by atoms with Gasteiger partial charge in [-0.2, -0.15) is 0 Å². The number of carbonyl (C=O) groups excluding carboxylic acids is 1. The Morgan fingerprint density at radius 2 is 2.35 bits per heavy atom. The van der Waals surface area contributed by atoms with Crippen LogP contribution in [0.5, 0.6) is 5.75 Å². The van der Waals surface area contributed by atoms with Gasteiger partial charge >= 0.3 is 0 Å². The summed E-state index contributed by atoms with van der Waals surface area (Å²) >= 11 is 0. The molecule has 1 saturated heterocycles. The molecule has 1 N–H and O–H groups in total. The lowest BCUT2D eigenvalue weighted by atomic mass is 10.0. The van der Waals surface area contributed by atoms with Crippen LogP contribution in [0.3, 0.4) is 0 Å². The normalized spacial score (nSPS) is 18.1. The van der Waals surface area contributed by atoms with E-state index in [1.165, 1.54) is 24.1 Å². The summed E-state index contributed by atoms with van der Waals surface area (Å²) in [5.41, 5.74) is 0.554. The van der Waals surface area contributed by atoms with Crippen molar-refractivity contribution in [3.63, 3.8) is 0 Å². The van der Waals surface area contributed by atoms with Crippen LogP contribution in [0.15, 0.2) is 18.2 Å². The first kappa shape index (κ1) is 14.8. The molecule has 1 unspecified atom stereocenters. The molecular weight excluding hydrogens is 259 g/mol. The van der Waals surface area contributed by atoms with Crippen LogP contribution in [-0.2, 0) is 4.79 Å². The van der Waals surface area contributed by atoms with Crippen LogP contribution in [0.1, 0.15) is 19.3 Å². The summed E-state index contributed by atoms with van der Waals surface area (Å²) < 4.78 is 18.5. The highest BCUT2D eigenvalue weighted by molar-refractivity contribution is 5.92. The van der Waals surface area contributed by atoms with Gasteiger partial charge in [-0.05, 0) is 44.0 Å². The molecule has 4 nitrogen and oxygen atoms in total. The maximum Gasteiger partial charge on any atom is 0.226 e. The van der Waals surface area contributed by atoms with Crippen molar-refractivity contribution in [1.82, 2.24) is 5.32 Å². The largest absolute Gasteiger partial charge is 0.494 e. The van der Waals surface area contributed by atoms with E-state index < -0.39 is 5.82 Å². The van der Waals surface area contributed by atoms with Crippen molar-refractivity contribution in [2.45, 2.75) is 19.3 Å². The van der Waals surface area contributed by atoms with Crippen molar-refractivity contribution >= 4 is 11.6 Å². The zero-order valence-corrected chi connectivity index (χ0v) is 12.0. The van der Waals surface area contributed by atoms with Crippen molar-refractivity contribution in [3.05, 3.63) is 24.0 Å². The van der Waals surface area contributed by atoms with E-state index in [4.69, 9.17) is 4.74 Å². The molecule has 1 amide bonds. The molecule has 1 fully saturated rings. The SMILES string of the molecule is COc1ccc(N(C)C(=O)CCC2CCNC2)cc1F. The Labute approximate surface area is 118 Å². The van der Waals surface area contributed by atoms with Crippen molar-refractivity contribution in [2.75, 3.05) is 32.1 Å². The van der Waals surface area contributed by atoms with E-state index in [9.17, 15) is 9.18 Å². The van der Waals surface area contributed by atoms with Crippen LogP contribution >= 0.6 is 0 Å². The van der Waals surface area contributed by atoms with Crippen molar-refractivity contribution in [1.29, 1.82) is 0 Å². The second kappa shape index (κ2) is 6.70. The number of hydrogen-bond donors (Lipinski definition) is 1. The Morgan fingerprint density at radius 3 is 2.95 bits per heavy atom. The molecule has 0 saturated carbocycles. The summed E-state index contributed by atoms with van der Waals surface area (Å²) in [7, 11) is 3.10. The highest BCUT2D eigenvalue weighted by Crippen LogP contribution is 2.24.